The van der Waals surface area contributed by atoms with Gasteiger partial charge in [0.2, 0.25) is 0 Å². The van der Waals surface area contributed by atoms with Crippen molar-refractivity contribution in [3.63, 3.8) is 0 Å². The van der Waals surface area contributed by atoms with E-state index in [9.17, 15) is 0 Å². The third-order valence-electron chi connectivity index (χ3n) is 3.91. The third kappa shape index (κ3) is 9.30. The van der Waals surface area contributed by atoms with Crippen molar-refractivity contribution in [2.45, 2.75) is 47.2 Å². The summed E-state index contributed by atoms with van der Waals surface area (Å²) in [5, 5.41) is 6.69. The van der Waals surface area contributed by atoms with Crippen molar-refractivity contribution in [3.8, 4) is 5.75 Å². The molecule has 1 aromatic rings. The molecular weight excluding hydrogens is 427 g/mol. The Morgan fingerprint density at radius 2 is 1.96 bits per heavy atom. The van der Waals surface area contributed by atoms with Gasteiger partial charge < -0.3 is 20.3 Å². The molecule has 0 aromatic heterocycles. The maximum Gasteiger partial charge on any atom is 0.191 e. The van der Waals surface area contributed by atoms with Crippen LogP contribution in [-0.2, 0) is 6.54 Å². The summed E-state index contributed by atoms with van der Waals surface area (Å²) in [5.41, 5.74) is 2.31. The molecule has 0 radical (unpaired) electrons. The summed E-state index contributed by atoms with van der Waals surface area (Å²) >= 11 is 0. The quantitative estimate of drug-likeness (QED) is 0.336. The van der Waals surface area contributed by atoms with E-state index >= 15 is 0 Å². The Kier molecular flexibility index (Phi) is 12.7. The first-order valence-electron chi connectivity index (χ1n) is 8.92. The van der Waals surface area contributed by atoms with Gasteiger partial charge in [0.25, 0.3) is 0 Å². The number of hydrogen-bond acceptors (Lipinski definition) is 3. The zero-order valence-electron chi connectivity index (χ0n) is 16.6. The number of nitrogens with zero attached hydrogens (tertiary/aromatic N) is 2. The zero-order chi connectivity index (χ0) is 17.9. The fourth-order valence-electron chi connectivity index (χ4n) is 2.20. The first kappa shape index (κ1) is 24.0. The highest BCUT2D eigenvalue weighted by Crippen LogP contribution is 2.21. The van der Waals surface area contributed by atoms with Gasteiger partial charge in [-0.3, -0.25) is 0 Å². The van der Waals surface area contributed by atoms with Gasteiger partial charge in [0.05, 0.1) is 13.2 Å². The van der Waals surface area contributed by atoms with E-state index in [1.165, 1.54) is 5.56 Å². The number of nitrogens with one attached hydrogen (secondary N) is 2. The highest BCUT2D eigenvalue weighted by atomic mass is 127. The van der Waals surface area contributed by atoms with E-state index in [1.54, 1.807) is 0 Å². The lowest BCUT2D eigenvalue weighted by atomic mass is 10.1. The number of guanidine groups is 1. The molecule has 25 heavy (non-hydrogen) atoms. The molecule has 0 spiro atoms. The van der Waals surface area contributed by atoms with Crippen molar-refractivity contribution in [2.75, 3.05) is 33.3 Å². The fourth-order valence-corrected chi connectivity index (χ4v) is 2.20. The number of halogens is 1. The molecule has 0 heterocycles. The Labute approximate surface area is 170 Å². The molecular formula is C19H35IN4O. The van der Waals surface area contributed by atoms with E-state index < -0.39 is 0 Å². The molecule has 1 rings (SSSR count). The monoisotopic (exact) mass is 462 g/mol. The molecule has 0 unspecified atom stereocenters. The van der Waals surface area contributed by atoms with Crippen molar-refractivity contribution in [2.24, 2.45) is 4.99 Å². The predicted molar refractivity (Wildman–Crippen MR) is 118 cm³/mol. The SMILES string of the molecule is CCNC(=NCc1ccc(C)cc1OCC)NCCN(C)C(C)C.I. The number of aryl methyl sites for hydroxylation is 1. The number of benzene rings is 1. The Balaban J connectivity index is 0.00000576. The van der Waals surface area contributed by atoms with Crippen LogP contribution in [0.2, 0.25) is 0 Å². The van der Waals surface area contributed by atoms with Gasteiger partial charge in [0, 0.05) is 31.2 Å². The van der Waals surface area contributed by atoms with Crippen molar-refractivity contribution in [3.05, 3.63) is 29.3 Å². The summed E-state index contributed by atoms with van der Waals surface area (Å²) in [4.78, 5) is 7.00. The standard InChI is InChI=1S/C19H34N4O.HI/c1-7-20-19(21-11-12-23(6)15(3)4)22-14-17-10-9-16(5)13-18(17)24-8-2;/h9-10,13,15H,7-8,11-12,14H2,1-6H3,(H2,20,21,22);1H. The van der Waals surface area contributed by atoms with Crippen molar-refractivity contribution >= 4 is 29.9 Å². The molecule has 2 N–H and O–H groups in total. The summed E-state index contributed by atoms with van der Waals surface area (Å²) < 4.78 is 5.73. The van der Waals surface area contributed by atoms with E-state index in [1.807, 2.05) is 6.92 Å². The Morgan fingerprint density at radius 3 is 2.56 bits per heavy atom. The van der Waals surface area contributed by atoms with Crippen LogP contribution in [0.1, 0.15) is 38.8 Å². The number of hydrogen-bond donors (Lipinski definition) is 2. The average Bonchev–Trinajstić information content (AvgIpc) is 2.54. The lowest BCUT2D eigenvalue weighted by molar-refractivity contribution is 0.278. The molecule has 0 aliphatic carbocycles. The Hall–Kier alpha value is -1.02. The molecule has 5 nitrogen and oxygen atoms in total. The van der Waals surface area contributed by atoms with Crippen LogP contribution in [0, 0.1) is 6.92 Å². The maximum absolute atomic E-state index is 5.73. The van der Waals surface area contributed by atoms with Gasteiger partial charge in [-0.1, -0.05) is 12.1 Å². The summed E-state index contributed by atoms with van der Waals surface area (Å²) in [6.45, 7) is 14.5. The van der Waals surface area contributed by atoms with Crippen LogP contribution in [0.25, 0.3) is 0 Å². The van der Waals surface area contributed by atoms with Gasteiger partial charge in [-0.05, 0) is 53.3 Å². The number of likely N-dealkylation sites (N-methyl/N-ethyl adjacent to an activating group) is 1. The molecule has 0 atom stereocenters. The zero-order valence-corrected chi connectivity index (χ0v) is 18.9. The number of ether oxygens (including phenoxy) is 1. The molecule has 6 heteroatoms. The van der Waals surface area contributed by atoms with E-state index in [0.29, 0.717) is 19.2 Å². The van der Waals surface area contributed by atoms with Gasteiger partial charge in [0.1, 0.15) is 5.75 Å². The van der Waals surface area contributed by atoms with Crippen LogP contribution in [0.4, 0.5) is 0 Å². The van der Waals surface area contributed by atoms with E-state index in [-0.39, 0.29) is 24.0 Å². The first-order chi connectivity index (χ1) is 11.5. The predicted octanol–water partition coefficient (Wildman–Crippen LogP) is 3.41. The normalized spacial score (nSPS) is 11.4. The van der Waals surface area contributed by atoms with Gasteiger partial charge >= 0.3 is 0 Å². The summed E-state index contributed by atoms with van der Waals surface area (Å²) in [6, 6.07) is 6.82. The minimum atomic E-state index is 0. The van der Waals surface area contributed by atoms with E-state index in [2.05, 4.69) is 68.5 Å². The summed E-state index contributed by atoms with van der Waals surface area (Å²) in [7, 11) is 2.14. The second-order valence-corrected chi connectivity index (χ2v) is 6.24. The first-order valence-corrected chi connectivity index (χ1v) is 8.92. The molecule has 1 aromatic carbocycles. The van der Waals surface area contributed by atoms with Crippen LogP contribution in [0.5, 0.6) is 5.75 Å². The van der Waals surface area contributed by atoms with E-state index in [4.69, 9.17) is 9.73 Å². The molecule has 144 valence electrons. The number of rotatable bonds is 9. The smallest absolute Gasteiger partial charge is 0.191 e. The lowest BCUT2D eigenvalue weighted by Gasteiger charge is -2.21. The lowest BCUT2D eigenvalue weighted by Crippen LogP contribution is -2.42. The van der Waals surface area contributed by atoms with Crippen LogP contribution >= 0.6 is 24.0 Å². The Bertz CT molecular complexity index is 520. The molecule has 0 saturated heterocycles. The maximum atomic E-state index is 5.73. The van der Waals surface area contributed by atoms with E-state index in [0.717, 1.165) is 36.9 Å². The molecule has 0 aliphatic heterocycles. The van der Waals surface area contributed by atoms with Crippen molar-refractivity contribution in [1.82, 2.24) is 15.5 Å². The second kappa shape index (κ2) is 13.2. The number of aliphatic imine (C=N–C) groups is 1. The summed E-state index contributed by atoms with van der Waals surface area (Å²) in [6.07, 6.45) is 0. The topological polar surface area (TPSA) is 48.9 Å². The molecule has 0 saturated carbocycles. The largest absolute Gasteiger partial charge is 0.494 e. The van der Waals surface area contributed by atoms with Crippen LogP contribution in [0.15, 0.2) is 23.2 Å². The fraction of sp³-hybridized carbons (Fsp3) is 0.632. The van der Waals surface area contributed by atoms with Crippen molar-refractivity contribution < 1.29 is 4.74 Å². The van der Waals surface area contributed by atoms with Crippen LogP contribution < -0.4 is 15.4 Å². The molecule has 0 aliphatic rings. The van der Waals surface area contributed by atoms with Crippen LogP contribution in [-0.4, -0.2) is 50.2 Å². The molecule has 0 fully saturated rings. The Morgan fingerprint density at radius 1 is 1.24 bits per heavy atom. The summed E-state index contributed by atoms with van der Waals surface area (Å²) in [5.74, 6) is 1.77. The minimum absolute atomic E-state index is 0. The molecule has 0 amide bonds. The van der Waals surface area contributed by atoms with Crippen molar-refractivity contribution in [1.29, 1.82) is 0 Å². The van der Waals surface area contributed by atoms with Crippen LogP contribution in [0.3, 0.4) is 0 Å². The highest BCUT2D eigenvalue weighted by Gasteiger charge is 2.06. The second-order valence-electron chi connectivity index (χ2n) is 6.24. The van der Waals surface area contributed by atoms with Gasteiger partial charge in [-0.25, -0.2) is 4.99 Å². The highest BCUT2D eigenvalue weighted by molar-refractivity contribution is 14.0. The van der Waals surface area contributed by atoms with Gasteiger partial charge in [-0.2, -0.15) is 0 Å². The van der Waals surface area contributed by atoms with Gasteiger partial charge in [0.15, 0.2) is 5.96 Å². The average molecular weight is 462 g/mol. The minimum Gasteiger partial charge on any atom is -0.494 e. The van der Waals surface area contributed by atoms with Gasteiger partial charge in [-0.15, -0.1) is 24.0 Å². The molecule has 0 bridgehead atoms. The third-order valence-corrected chi connectivity index (χ3v) is 3.91.